The van der Waals surface area contributed by atoms with Crippen LogP contribution in [0.15, 0.2) is 0 Å². The molecule has 0 saturated heterocycles. The Labute approximate surface area is 102 Å². The Morgan fingerprint density at radius 1 is 1.14 bits per heavy atom. The average molecular weight is 441 g/mol. The van der Waals surface area contributed by atoms with Crippen molar-refractivity contribution in [1.82, 2.24) is 0 Å². The Kier molecular flexibility index (Phi) is 15.0. The van der Waals surface area contributed by atoms with Gasteiger partial charge in [-0.15, -0.1) is 0 Å². The third-order valence-electron chi connectivity index (χ3n) is 0. The molecule has 0 unspecified atom stereocenters. The smallest absolute Gasteiger partial charge is 0.759 e. The Bertz CT molecular complexity index is 94.9. The predicted molar refractivity (Wildman–Crippen MR) is 22.0 cm³/mol. The molecule has 0 N–H and O–H groups in total. The molecule has 0 fully saturated rings. The van der Waals surface area contributed by atoms with Crippen molar-refractivity contribution in [2.75, 3.05) is 0 Å². The zero-order valence-corrected chi connectivity index (χ0v) is 12.4. The molecule has 36 valence electrons. The maximum absolute atomic E-state index is 8.52. The van der Waals surface area contributed by atoms with Crippen molar-refractivity contribution in [3.8, 4) is 0 Å². The normalized spacial score (nSPS) is 8.29. The summed E-state index contributed by atoms with van der Waals surface area (Å²) in [5.74, 6) is 0. The molecular formula is BaO4PbS. The summed E-state index contributed by atoms with van der Waals surface area (Å²) in [7, 11) is -5.17. The van der Waals surface area contributed by atoms with Crippen molar-refractivity contribution in [3.05, 3.63) is 0 Å². The molecule has 0 heterocycles. The molecule has 7 heteroatoms. The number of hydrogen-bond donors (Lipinski definition) is 0. The van der Waals surface area contributed by atoms with E-state index in [0.717, 1.165) is 0 Å². The van der Waals surface area contributed by atoms with Crippen LogP contribution < -0.4 is 0 Å². The first-order chi connectivity index (χ1) is 2.00. The van der Waals surface area contributed by atoms with Gasteiger partial charge in [-0.05, 0) is 0 Å². The summed E-state index contributed by atoms with van der Waals surface area (Å²) >= 11 is 0. The van der Waals surface area contributed by atoms with E-state index in [0.29, 0.717) is 0 Å². The van der Waals surface area contributed by atoms with Gasteiger partial charge in [-0.1, -0.05) is 0 Å². The van der Waals surface area contributed by atoms with Gasteiger partial charge >= 0.3 is 48.9 Å². The maximum atomic E-state index is 8.52. The van der Waals surface area contributed by atoms with Crippen LogP contribution in [0.1, 0.15) is 0 Å². The summed E-state index contributed by atoms with van der Waals surface area (Å²) in [5.41, 5.74) is 0. The van der Waals surface area contributed by atoms with Gasteiger partial charge in [0.1, 0.15) is 0 Å². The average Bonchev–Trinajstić information content (AvgIpc) is 0.722. The monoisotopic (exact) mass is 442 g/mol. The zero-order chi connectivity index (χ0) is 4.50. The second-order valence-electron chi connectivity index (χ2n) is 0.408. The summed E-state index contributed by atoms with van der Waals surface area (Å²) in [6, 6.07) is 0. The minimum Gasteiger partial charge on any atom is -0.759 e. The van der Waals surface area contributed by atoms with Crippen LogP contribution in [0, 0.1) is 0 Å². The molecule has 0 aliphatic carbocycles. The largest absolute Gasteiger partial charge is 2.00 e. The van der Waals surface area contributed by atoms with E-state index in [1.807, 2.05) is 0 Å². The molecule has 0 aromatic rings. The molecule has 4 radical (unpaired) electrons. The summed E-state index contributed by atoms with van der Waals surface area (Å²) in [4.78, 5) is 0. The summed E-state index contributed by atoms with van der Waals surface area (Å²) in [5, 5.41) is 0. The van der Waals surface area contributed by atoms with Crippen molar-refractivity contribution in [3.63, 3.8) is 0 Å². The van der Waals surface area contributed by atoms with Gasteiger partial charge in [0.25, 0.3) is 0 Å². The van der Waals surface area contributed by atoms with Gasteiger partial charge in [0.2, 0.25) is 0 Å². The number of hydrogen-bond acceptors (Lipinski definition) is 4. The molecule has 7 heavy (non-hydrogen) atoms. The molecule has 0 saturated carbocycles. The predicted octanol–water partition coefficient (Wildman–Crippen LogP) is -2.10. The number of rotatable bonds is 0. The molecule has 0 aliphatic heterocycles. The van der Waals surface area contributed by atoms with Gasteiger partial charge in [0.05, 0.1) is 0 Å². The van der Waals surface area contributed by atoms with E-state index in [1.165, 1.54) is 0 Å². The Balaban J connectivity index is -0.0000000800. The minimum absolute atomic E-state index is 0. The molecule has 0 bridgehead atoms. The first-order valence-electron chi connectivity index (χ1n) is 0.667. The van der Waals surface area contributed by atoms with Gasteiger partial charge < -0.3 is 9.11 Å². The van der Waals surface area contributed by atoms with E-state index in [2.05, 4.69) is 0 Å². The molecule has 4 nitrogen and oxygen atoms in total. The van der Waals surface area contributed by atoms with Crippen molar-refractivity contribution in [2.45, 2.75) is 0 Å². The fourth-order valence-electron chi connectivity index (χ4n) is 0. The Hall–Kier alpha value is 2.36. The van der Waals surface area contributed by atoms with Gasteiger partial charge in [0, 0.05) is 37.7 Å². The van der Waals surface area contributed by atoms with Crippen LogP contribution in [0.4, 0.5) is 0 Å². The zero-order valence-electron chi connectivity index (χ0n) is 3.25. The standard InChI is InChI=1S/Ba.H2O4S.Pb/c;1-5(2,3)4;/h;(H2,1,2,3,4);/q+2;;/p-2. The van der Waals surface area contributed by atoms with Crippen LogP contribution in [-0.4, -0.2) is 93.7 Å². The molecule has 0 aliphatic rings. The molecule has 0 aromatic heterocycles. The molecule has 0 spiro atoms. The third-order valence-corrected chi connectivity index (χ3v) is 0. The fraction of sp³-hybridized carbons (Fsp3) is 0. The minimum atomic E-state index is -5.17. The fourth-order valence-corrected chi connectivity index (χ4v) is 0. The first-order valence-corrected chi connectivity index (χ1v) is 2.00. The van der Waals surface area contributed by atoms with E-state index in [9.17, 15) is 0 Å². The van der Waals surface area contributed by atoms with Crippen LogP contribution in [0.3, 0.4) is 0 Å². The molecule has 0 atom stereocenters. The van der Waals surface area contributed by atoms with E-state index < -0.39 is 10.4 Å². The van der Waals surface area contributed by atoms with Gasteiger partial charge in [-0.3, -0.25) is 8.42 Å². The van der Waals surface area contributed by atoms with Crippen molar-refractivity contribution in [1.29, 1.82) is 0 Å². The molecular weight excluding hydrogens is 441 g/mol. The Morgan fingerprint density at radius 2 is 1.14 bits per heavy atom. The van der Waals surface area contributed by atoms with Crippen LogP contribution in [-0.2, 0) is 10.4 Å². The van der Waals surface area contributed by atoms with Gasteiger partial charge in [-0.25, -0.2) is 0 Å². The van der Waals surface area contributed by atoms with Gasteiger partial charge in [-0.2, -0.15) is 0 Å². The van der Waals surface area contributed by atoms with Crippen LogP contribution in [0.25, 0.3) is 0 Å². The first kappa shape index (κ1) is 16.2. The Morgan fingerprint density at radius 3 is 1.14 bits per heavy atom. The topological polar surface area (TPSA) is 80.3 Å². The maximum Gasteiger partial charge on any atom is 2.00 e. The van der Waals surface area contributed by atoms with Crippen LogP contribution >= 0.6 is 0 Å². The summed E-state index contributed by atoms with van der Waals surface area (Å²) in [6.45, 7) is 0. The quantitative estimate of drug-likeness (QED) is 0.246. The van der Waals surface area contributed by atoms with E-state index >= 15 is 0 Å². The van der Waals surface area contributed by atoms with Gasteiger partial charge in [0.15, 0.2) is 0 Å². The molecule has 0 amide bonds. The van der Waals surface area contributed by atoms with Crippen molar-refractivity contribution in [2.24, 2.45) is 0 Å². The molecule has 0 aromatic carbocycles. The molecule has 0 rings (SSSR count). The SMILES string of the molecule is O=S(=O)([O-])[O-].[Ba+2].[Pb]. The third kappa shape index (κ3) is 60.6. The second kappa shape index (κ2) is 6.48. The van der Waals surface area contributed by atoms with E-state index in [1.54, 1.807) is 0 Å². The summed E-state index contributed by atoms with van der Waals surface area (Å²) < 4.78 is 34.1. The summed E-state index contributed by atoms with van der Waals surface area (Å²) in [6.07, 6.45) is 0. The van der Waals surface area contributed by atoms with Crippen molar-refractivity contribution >= 4 is 86.6 Å². The second-order valence-corrected chi connectivity index (χ2v) is 1.22. The van der Waals surface area contributed by atoms with E-state index in [4.69, 9.17) is 17.5 Å². The van der Waals surface area contributed by atoms with Crippen molar-refractivity contribution < 1.29 is 17.5 Å². The van der Waals surface area contributed by atoms with Crippen LogP contribution in [0.5, 0.6) is 0 Å². The van der Waals surface area contributed by atoms with E-state index in [-0.39, 0.29) is 76.2 Å². The van der Waals surface area contributed by atoms with Crippen LogP contribution in [0.2, 0.25) is 0 Å².